The van der Waals surface area contributed by atoms with E-state index >= 15 is 0 Å². The summed E-state index contributed by atoms with van der Waals surface area (Å²) in [4.78, 5) is 17.2. The highest BCUT2D eigenvalue weighted by Gasteiger charge is 2.19. The van der Waals surface area contributed by atoms with Crippen LogP contribution in [0.15, 0.2) is 47.7 Å². The van der Waals surface area contributed by atoms with Gasteiger partial charge in [0.05, 0.1) is 23.9 Å². The number of aryl methyl sites for hydroxylation is 2. The zero-order valence-electron chi connectivity index (χ0n) is 15.5. The van der Waals surface area contributed by atoms with E-state index in [2.05, 4.69) is 37.7 Å². The van der Waals surface area contributed by atoms with E-state index in [4.69, 9.17) is 0 Å². The van der Waals surface area contributed by atoms with Crippen LogP contribution in [-0.4, -0.2) is 32.1 Å². The molecule has 0 spiro atoms. The monoisotopic (exact) mass is 370 g/mol. The summed E-state index contributed by atoms with van der Waals surface area (Å²) in [7, 11) is 1.81. The molecule has 1 amide bonds. The fourth-order valence-corrected chi connectivity index (χ4v) is 3.72. The number of rotatable bonds is 3. The first-order chi connectivity index (χ1) is 13.6. The van der Waals surface area contributed by atoms with Crippen molar-refractivity contribution in [2.75, 3.05) is 5.32 Å². The lowest BCUT2D eigenvalue weighted by Crippen LogP contribution is -2.15. The Morgan fingerprint density at radius 3 is 3.00 bits per heavy atom. The molecule has 7 nitrogen and oxygen atoms in total. The Hall–Kier alpha value is -3.74. The Morgan fingerprint density at radius 2 is 2.18 bits per heavy atom. The van der Waals surface area contributed by atoms with E-state index in [0.29, 0.717) is 12.2 Å². The number of nitrogens with zero attached hydrogens (tertiary/aromatic N) is 4. The van der Waals surface area contributed by atoms with Gasteiger partial charge in [0.25, 0.3) is 5.91 Å². The molecule has 2 aromatic heterocycles. The largest absolute Gasteiger partial charge is 0.320 e. The average molecular weight is 370 g/mol. The molecule has 0 atom stereocenters. The Bertz CT molecular complexity index is 1260. The number of fused-ring (bicyclic) bond motifs is 2. The van der Waals surface area contributed by atoms with Crippen molar-refractivity contribution in [1.82, 2.24) is 20.0 Å². The minimum absolute atomic E-state index is 0.223. The van der Waals surface area contributed by atoms with Crippen LogP contribution < -0.4 is 5.32 Å². The van der Waals surface area contributed by atoms with Crippen molar-refractivity contribution in [3.05, 3.63) is 65.1 Å². The van der Waals surface area contributed by atoms with Crippen LogP contribution in [0, 0.1) is 6.92 Å². The van der Waals surface area contributed by atoms with Gasteiger partial charge in [-0.3, -0.25) is 19.6 Å². The Labute approximate surface area is 161 Å². The number of amides is 1. The predicted molar refractivity (Wildman–Crippen MR) is 109 cm³/mol. The number of anilines is 1. The van der Waals surface area contributed by atoms with Gasteiger partial charge in [-0.05, 0) is 41.8 Å². The van der Waals surface area contributed by atoms with Gasteiger partial charge in [-0.1, -0.05) is 12.1 Å². The molecule has 28 heavy (non-hydrogen) atoms. The van der Waals surface area contributed by atoms with E-state index < -0.39 is 0 Å². The maximum Gasteiger partial charge on any atom is 0.276 e. The summed E-state index contributed by atoms with van der Waals surface area (Å²) in [5.41, 5.74) is 7.09. The molecule has 5 rings (SSSR count). The van der Waals surface area contributed by atoms with Crippen molar-refractivity contribution in [2.45, 2.75) is 13.5 Å². The summed E-state index contributed by atoms with van der Waals surface area (Å²) in [6.07, 6.45) is 5.47. The standard InChI is InChI=1S/C21H18N6O/c1-12-11-27(2)26-20(12)21(28)24-19-7-13(6-14-8-22-9-16(14)19)15-4-3-5-18-17(15)10-23-25-18/h3-7,9-11H,8H2,1-2H3,(H,23,25)(H,24,28). The molecule has 1 aliphatic heterocycles. The molecule has 4 aromatic rings. The highest BCUT2D eigenvalue weighted by Crippen LogP contribution is 2.34. The smallest absolute Gasteiger partial charge is 0.276 e. The summed E-state index contributed by atoms with van der Waals surface area (Å²) in [6.45, 7) is 2.49. The molecular weight excluding hydrogens is 352 g/mol. The summed E-state index contributed by atoms with van der Waals surface area (Å²) >= 11 is 0. The Morgan fingerprint density at radius 1 is 1.29 bits per heavy atom. The lowest BCUT2D eigenvalue weighted by atomic mass is 9.96. The molecule has 0 bridgehead atoms. The first-order valence-corrected chi connectivity index (χ1v) is 9.01. The van der Waals surface area contributed by atoms with E-state index in [-0.39, 0.29) is 5.91 Å². The Balaban J connectivity index is 1.60. The molecule has 138 valence electrons. The number of aliphatic imine (C=N–C) groups is 1. The first-order valence-electron chi connectivity index (χ1n) is 9.01. The maximum atomic E-state index is 12.8. The number of carbonyl (C=O) groups is 1. The molecule has 7 heteroatoms. The molecule has 0 unspecified atom stereocenters. The molecule has 0 saturated carbocycles. The SMILES string of the molecule is Cc1cn(C)nc1C(=O)Nc1cc(-c2cccc3[nH]ncc23)cc2c1C=NC2. The molecule has 3 heterocycles. The summed E-state index contributed by atoms with van der Waals surface area (Å²) in [6, 6.07) is 10.2. The van der Waals surface area contributed by atoms with Gasteiger partial charge in [-0.2, -0.15) is 10.2 Å². The van der Waals surface area contributed by atoms with Crippen molar-refractivity contribution in [2.24, 2.45) is 12.0 Å². The molecular formula is C21H18N6O. The van der Waals surface area contributed by atoms with E-state index in [0.717, 1.165) is 44.4 Å². The van der Waals surface area contributed by atoms with Gasteiger partial charge in [-0.25, -0.2) is 0 Å². The minimum atomic E-state index is -0.223. The molecule has 0 fully saturated rings. The second kappa shape index (κ2) is 6.16. The first kappa shape index (κ1) is 16.4. The molecule has 1 aliphatic rings. The lowest BCUT2D eigenvalue weighted by molar-refractivity contribution is 0.102. The highest BCUT2D eigenvalue weighted by atomic mass is 16.2. The summed E-state index contributed by atoms with van der Waals surface area (Å²) in [5.74, 6) is -0.223. The molecule has 0 aliphatic carbocycles. The van der Waals surface area contributed by atoms with Crippen molar-refractivity contribution < 1.29 is 4.79 Å². The normalized spacial score (nSPS) is 12.5. The number of carbonyl (C=O) groups excluding carboxylic acids is 1. The lowest BCUT2D eigenvalue weighted by Gasteiger charge is -2.13. The summed E-state index contributed by atoms with van der Waals surface area (Å²) < 4.78 is 1.64. The van der Waals surface area contributed by atoms with Crippen molar-refractivity contribution in [3.8, 4) is 11.1 Å². The van der Waals surface area contributed by atoms with E-state index in [1.165, 1.54) is 0 Å². The number of nitrogens with one attached hydrogen (secondary N) is 2. The van der Waals surface area contributed by atoms with Gasteiger partial charge in [0.2, 0.25) is 0 Å². The predicted octanol–water partition coefficient (Wildman–Crippen LogP) is 3.46. The number of hydrogen-bond acceptors (Lipinski definition) is 4. The van der Waals surface area contributed by atoms with Crippen LogP contribution >= 0.6 is 0 Å². The zero-order valence-corrected chi connectivity index (χ0v) is 15.5. The van der Waals surface area contributed by atoms with Crippen LogP contribution in [0.25, 0.3) is 22.0 Å². The number of benzene rings is 2. The van der Waals surface area contributed by atoms with E-state index in [1.807, 2.05) is 43.7 Å². The quantitative estimate of drug-likeness (QED) is 0.579. The number of hydrogen-bond donors (Lipinski definition) is 2. The van der Waals surface area contributed by atoms with Crippen LogP contribution in [0.5, 0.6) is 0 Å². The number of H-pyrrole nitrogens is 1. The zero-order chi connectivity index (χ0) is 19.3. The second-order valence-electron chi connectivity index (χ2n) is 6.99. The fourth-order valence-electron chi connectivity index (χ4n) is 3.72. The molecule has 0 saturated heterocycles. The van der Waals surface area contributed by atoms with Gasteiger partial charge in [0.15, 0.2) is 5.69 Å². The van der Waals surface area contributed by atoms with Crippen LogP contribution in [0.4, 0.5) is 5.69 Å². The highest BCUT2D eigenvalue weighted by molar-refractivity contribution is 6.08. The number of aromatic amines is 1. The Kier molecular flexibility index (Phi) is 3.61. The van der Waals surface area contributed by atoms with E-state index in [9.17, 15) is 4.79 Å². The third-order valence-corrected chi connectivity index (χ3v) is 5.02. The van der Waals surface area contributed by atoms with Gasteiger partial charge < -0.3 is 5.32 Å². The second-order valence-corrected chi connectivity index (χ2v) is 6.99. The van der Waals surface area contributed by atoms with Crippen LogP contribution in [-0.2, 0) is 13.6 Å². The van der Waals surface area contributed by atoms with Crippen molar-refractivity contribution >= 4 is 28.7 Å². The summed E-state index contributed by atoms with van der Waals surface area (Å²) in [5, 5.41) is 15.5. The van der Waals surface area contributed by atoms with Crippen LogP contribution in [0.1, 0.15) is 27.2 Å². The molecule has 2 N–H and O–H groups in total. The van der Waals surface area contributed by atoms with Gasteiger partial charge in [0.1, 0.15) is 0 Å². The van der Waals surface area contributed by atoms with Crippen LogP contribution in [0.3, 0.4) is 0 Å². The van der Waals surface area contributed by atoms with E-state index in [1.54, 1.807) is 11.7 Å². The maximum absolute atomic E-state index is 12.8. The van der Waals surface area contributed by atoms with Crippen molar-refractivity contribution in [3.63, 3.8) is 0 Å². The third-order valence-electron chi connectivity index (χ3n) is 5.02. The van der Waals surface area contributed by atoms with Crippen molar-refractivity contribution in [1.29, 1.82) is 0 Å². The fraction of sp³-hybridized carbons (Fsp3) is 0.143. The van der Waals surface area contributed by atoms with Gasteiger partial charge in [-0.15, -0.1) is 0 Å². The topological polar surface area (TPSA) is 88.0 Å². The average Bonchev–Trinajstić information content (AvgIpc) is 3.40. The minimum Gasteiger partial charge on any atom is -0.320 e. The molecule has 0 radical (unpaired) electrons. The third kappa shape index (κ3) is 2.60. The van der Waals surface area contributed by atoms with Gasteiger partial charge in [0, 0.05) is 36.0 Å². The van der Waals surface area contributed by atoms with Gasteiger partial charge >= 0.3 is 0 Å². The number of aromatic nitrogens is 4. The van der Waals surface area contributed by atoms with Crippen LogP contribution in [0.2, 0.25) is 0 Å². The molecule has 2 aromatic carbocycles.